The fourth-order valence-corrected chi connectivity index (χ4v) is 3.10. The van der Waals surface area contributed by atoms with Crippen LogP contribution in [0.1, 0.15) is 36.5 Å². The van der Waals surface area contributed by atoms with Gasteiger partial charge in [-0.15, -0.1) is 0 Å². The van der Waals surface area contributed by atoms with Crippen molar-refractivity contribution >= 4 is 11.9 Å². The van der Waals surface area contributed by atoms with Crippen LogP contribution < -0.4 is 0 Å². The number of benzene rings is 2. The zero-order valence-corrected chi connectivity index (χ0v) is 15.2. The average molecular weight is 340 g/mol. The molecular formula is C21H24O4. The Kier molecular flexibility index (Phi) is 6.34. The SMILES string of the molecule is CCc1cc(-c2ccccc2)cc(CC)c1C(C(=O)OC)C(=O)OC. The van der Waals surface area contributed by atoms with E-state index in [2.05, 4.69) is 0 Å². The van der Waals surface area contributed by atoms with E-state index in [4.69, 9.17) is 9.47 Å². The molecule has 0 bridgehead atoms. The Morgan fingerprint density at radius 3 is 1.72 bits per heavy atom. The van der Waals surface area contributed by atoms with Crippen LogP contribution in [0, 0.1) is 0 Å². The molecule has 4 heteroatoms. The minimum atomic E-state index is -1.05. The van der Waals surface area contributed by atoms with Crippen molar-refractivity contribution in [3.05, 3.63) is 59.2 Å². The molecule has 0 N–H and O–H groups in total. The fraction of sp³-hybridized carbons (Fsp3) is 0.333. The molecule has 0 aliphatic rings. The second-order valence-electron chi connectivity index (χ2n) is 5.76. The normalized spacial score (nSPS) is 10.6. The molecule has 2 aromatic carbocycles. The van der Waals surface area contributed by atoms with Gasteiger partial charge in [-0.3, -0.25) is 9.59 Å². The molecule has 2 aromatic rings. The van der Waals surface area contributed by atoms with Gasteiger partial charge in [-0.1, -0.05) is 56.3 Å². The van der Waals surface area contributed by atoms with Crippen molar-refractivity contribution in [2.45, 2.75) is 32.6 Å². The van der Waals surface area contributed by atoms with Crippen LogP contribution in [0.5, 0.6) is 0 Å². The lowest BCUT2D eigenvalue weighted by Gasteiger charge is -2.21. The minimum Gasteiger partial charge on any atom is -0.468 e. The number of esters is 2. The lowest BCUT2D eigenvalue weighted by atomic mass is 9.85. The number of rotatable bonds is 6. The first-order chi connectivity index (χ1) is 12.1. The predicted molar refractivity (Wildman–Crippen MR) is 97.4 cm³/mol. The molecule has 25 heavy (non-hydrogen) atoms. The first-order valence-corrected chi connectivity index (χ1v) is 8.44. The van der Waals surface area contributed by atoms with Gasteiger partial charge < -0.3 is 9.47 Å². The highest BCUT2D eigenvalue weighted by molar-refractivity contribution is 6.01. The molecule has 4 nitrogen and oxygen atoms in total. The first-order valence-electron chi connectivity index (χ1n) is 8.44. The summed E-state index contributed by atoms with van der Waals surface area (Å²) in [6.45, 7) is 4.03. The third-order valence-electron chi connectivity index (χ3n) is 4.38. The van der Waals surface area contributed by atoms with Crippen molar-refractivity contribution in [3.63, 3.8) is 0 Å². The van der Waals surface area contributed by atoms with Crippen LogP contribution in [0.2, 0.25) is 0 Å². The quantitative estimate of drug-likeness (QED) is 0.591. The topological polar surface area (TPSA) is 52.6 Å². The van der Waals surface area contributed by atoms with Gasteiger partial charge in [0.1, 0.15) is 0 Å². The number of carbonyl (C=O) groups excluding carboxylic acids is 2. The number of ether oxygens (including phenoxy) is 2. The van der Waals surface area contributed by atoms with Gasteiger partial charge in [0.2, 0.25) is 0 Å². The molecule has 0 heterocycles. The highest BCUT2D eigenvalue weighted by Crippen LogP contribution is 2.32. The van der Waals surface area contributed by atoms with Gasteiger partial charge in [0, 0.05) is 0 Å². The van der Waals surface area contributed by atoms with E-state index in [1.54, 1.807) is 0 Å². The molecule has 0 unspecified atom stereocenters. The zero-order valence-electron chi connectivity index (χ0n) is 15.2. The Hall–Kier alpha value is -2.62. The number of hydrogen-bond donors (Lipinski definition) is 0. The largest absolute Gasteiger partial charge is 0.468 e. The second kappa shape index (κ2) is 8.47. The lowest BCUT2D eigenvalue weighted by Crippen LogP contribution is -2.26. The summed E-state index contributed by atoms with van der Waals surface area (Å²) in [5, 5.41) is 0. The molecular weight excluding hydrogens is 316 g/mol. The summed E-state index contributed by atoms with van der Waals surface area (Å²) in [6.07, 6.45) is 1.40. The van der Waals surface area contributed by atoms with Gasteiger partial charge in [-0.05, 0) is 40.7 Å². The Balaban J connectivity index is 2.68. The van der Waals surface area contributed by atoms with Gasteiger partial charge in [0.05, 0.1) is 14.2 Å². The van der Waals surface area contributed by atoms with Crippen molar-refractivity contribution < 1.29 is 19.1 Å². The molecule has 0 aliphatic carbocycles. The molecule has 0 aliphatic heterocycles. The molecule has 2 rings (SSSR count). The third kappa shape index (κ3) is 3.90. The van der Waals surface area contributed by atoms with Crippen molar-refractivity contribution in [1.29, 1.82) is 0 Å². The maximum atomic E-state index is 12.3. The first kappa shape index (κ1) is 18.7. The number of carbonyl (C=O) groups is 2. The molecule has 0 aromatic heterocycles. The molecule has 132 valence electrons. The molecule has 0 radical (unpaired) electrons. The second-order valence-corrected chi connectivity index (χ2v) is 5.76. The molecule has 0 fully saturated rings. The van der Waals surface area contributed by atoms with Crippen molar-refractivity contribution in [3.8, 4) is 11.1 Å². The van der Waals surface area contributed by atoms with Crippen molar-refractivity contribution in [2.24, 2.45) is 0 Å². The third-order valence-corrected chi connectivity index (χ3v) is 4.38. The van der Waals surface area contributed by atoms with Crippen LogP contribution in [0.4, 0.5) is 0 Å². The van der Waals surface area contributed by atoms with Gasteiger partial charge in [-0.25, -0.2) is 0 Å². The number of methoxy groups -OCH3 is 2. The van der Waals surface area contributed by atoms with E-state index in [0.29, 0.717) is 18.4 Å². The van der Waals surface area contributed by atoms with E-state index in [9.17, 15) is 9.59 Å². The highest BCUT2D eigenvalue weighted by atomic mass is 16.5. The summed E-state index contributed by atoms with van der Waals surface area (Å²) < 4.78 is 9.73. The Morgan fingerprint density at radius 1 is 0.840 bits per heavy atom. The summed E-state index contributed by atoms with van der Waals surface area (Å²) in [5.41, 5.74) is 4.80. The van der Waals surface area contributed by atoms with Crippen molar-refractivity contribution in [1.82, 2.24) is 0 Å². The average Bonchev–Trinajstić information content (AvgIpc) is 2.68. The highest BCUT2D eigenvalue weighted by Gasteiger charge is 2.34. The van der Waals surface area contributed by atoms with E-state index in [1.165, 1.54) is 14.2 Å². The standard InChI is InChI=1S/C21H24O4/c1-5-14-12-17(16-10-8-7-9-11-16)13-15(6-2)18(14)19(20(22)24-3)21(23)25-4/h7-13,19H,5-6H2,1-4H3. The van der Waals surface area contributed by atoms with E-state index in [0.717, 1.165) is 22.3 Å². The molecule has 0 amide bonds. The van der Waals surface area contributed by atoms with Gasteiger partial charge in [-0.2, -0.15) is 0 Å². The van der Waals surface area contributed by atoms with Crippen molar-refractivity contribution in [2.75, 3.05) is 14.2 Å². The van der Waals surface area contributed by atoms with Crippen LogP contribution in [0.25, 0.3) is 11.1 Å². The number of hydrogen-bond acceptors (Lipinski definition) is 4. The number of aryl methyl sites for hydroxylation is 2. The zero-order chi connectivity index (χ0) is 18.4. The van der Waals surface area contributed by atoms with E-state index >= 15 is 0 Å². The summed E-state index contributed by atoms with van der Waals surface area (Å²) in [6, 6.07) is 14.1. The molecule has 0 atom stereocenters. The molecule has 0 saturated heterocycles. The lowest BCUT2D eigenvalue weighted by molar-refractivity contribution is -0.154. The Labute approximate surface area is 148 Å². The Morgan fingerprint density at radius 2 is 1.32 bits per heavy atom. The molecule has 0 spiro atoms. The summed E-state index contributed by atoms with van der Waals surface area (Å²) >= 11 is 0. The van der Waals surface area contributed by atoms with Crippen LogP contribution >= 0.6 is 0 Å². The minimum absolute atomic E-state index is 0.594. The van der Waals surface area contributed by atoms with E-state index in [1.807, 2.05) is 56.3 Å². The van der Waals surface area contributed by atoms with Gasteiger partial charge >= 0.3 is 11.9 Å². The summed E-state index contributed by atoms with van der Waals surface area (Å²) in [5.74, 6) is -2.24. The summed E-state index contributed by atoms with van der Waals surface area (Å²) in [7, 11) is 2.57. The Bertz CT molecular complexity index is 709. The maximum Gasteiger partial charge on any atom is 0.324 e. The van der Waals surface area contributed by atoms with E-state index < -0.39 is 17.9 Å². The molecule has 0 saturated carbocycles. The van der Waals surface area contributed by atoms with Crippen LogP contribution in [0.15, 0.2) is 42.5 Å². The smallest absolute Gasteiger partial charge is 0.324 e. The van der Waals surface area contributed by atoms with Crippen LogP contribution in [0.3, 0.4) is 0 Å². The van der Waals surface area contributed by atoms with Gasteiger partial charge in [0.15, 0.2) is 5.92 Å². The maximum absolute atomic E-state index is 12.3. The fourth-order valence-electron chi connectivity index (χ4n) is 3.10. The van der Waals surface area contributed by atoms with Gasteiger partial charge in [0.25, 0.3) is 0 Å². The summed E-state index contributed by atoms with van der Waals surface area (Å²) in [4.78, 5) is 24.6. The predicted octanol–water partition coefficient (Wildman–Crippen LogP) is 3.91. The van der Waals surface area contributed by atoms with Crippen LogP contribution in [-0.4, -0.2) is 26.2 Å². The monoisotopic (exact) mass is 340 g/mol. The van der Waals surface area contributed by atoms with Crippen LogP contribution in [-0.2, 0) is 31.9 Å². The van der Waals surface area contributed by atoms with E-state index in [-0.39, 0.29) is 0 Å².